The SMILES string of the molecule is CC(C)Cn1ncc2cc(Oc3ccc(F)cc3)c(OC(=O)NCCCN(C)C)cc21. The third-order valence-corrected chi connectivity index (χ3v) is 4.54. The molecule has 0 fully saturated rings. The Morgan fingerprint density at radius 2 is 1.94 bits per heavy atom. The number of amides is 1. The van der Waals surface area contributed by atoms with Gasteiger partial charge in [-0.3, -0.25) is 4.68 Å². The van der Waals surface area contributed by atoms with Crippen molar-refractivity contribution in [3.63, 3.8) is 0 Å². The predicted molar refractivity (Wildman–Crippen MR) is 118 cm³/mol. The Bertz CT molecular complexity index is 1020. The van der Waals surface area contributed by atoms with Crippen molar-refractivity contribution >= 4 is 17.0 Å². The zero-order chi connectivity index (χ0) is 22.4. The molecule has 0 spiro atoms. The molecule has 0 atom stereocenters. The van der Waals surface area contributed by atoms with Crippen LogP contribution in [0.2, 0.25) is 0 Å². The van der Waals surface area contributed by atoms with Crippen LogP contribution in [0.5, 0.6) is 17.2 Å². The lowest BCUT2D eigenvalue weighted by Crippen LogP contribution is -2.29. The second-order valence-corrected chi connectivity index (χ2v) is 8.11. The summed E-state index contributed by atoms with van der Waals surface area (Å²) in [6.45, 7) is 6.31. The van der Waals surface area contributed by atoms with E-state index in [1.807, 2.05) is 23.7 Å². The van der Waals surface area contributed by atoms with Crippen molar-refractivity contribution in [2.24, 2.45) is 5.92 Å². The van der Waals surface area contributed by atoms with Crippen LogP contribution in [-0.4, -0.2) is 48.0 Å². The maximum atomic E-state index is 13.2. The van der Waals surface area contributed by atoms with Gasteiger partial charge in [-0.2, -0.15) is 5.10 Å². The monoisotopic (exact) mass is 428 g/mol. The Morgan fingerprint density at radius 1 is 1.19 bits per heavy atom. The van der Waals surface area contributed by atoms with Crippen molar-refractivity contribution in [1.29, 1.82) is 0 Å². The molecule has 1 heterocycles. The second kappa shape index (κ2) is 10.3. The largest absolute Gasteiger partial charge is 0.453 e. The van der Waals surface area contributed by atoms with Gasteiger partial charge in [0.15, 0.2) is 11.5 Å². The standard InChI is InChI=1S/C23H29FN4O3/c1-16(2)15-28-20-13-22(31-23(29)25-10-5-11-27(3)4)21(12-17(20)14-26-28)30-19-8-6-18(24)7-9-19/h6-9,12-14,16H,5,10-11,15H2,1-4H3,(H,25,29). The number of carbonyl (C=O) groups is 1. The molecule has 0 aliphatic carbocycles. The molecule has 8 heteroatoms. The highest BCUT2D eigenvalue weighted by atomic mass is 19.1. The van der Waals surface area contributed by atoms with E-state index in [1.165, 1.54) is 24.3 Å². The molecule has 0 aliphatic rings. The number of ether oxygens (including phenoxy) is 2. The number of nitrogens with zero attached hydrogens (tertiary/aromatic N) is 3. The smallest absolute Gasteiger partial charge is 0.412 e. The van der Waals surface area contributed by atoms with Crippen LogP contribution in [0, 0.1) is 11.7 Å². The normalized spacial score (nSPS) is 11.3. The van der Waals surface area contributed by atoms with Crippen LogP contribution >= 0.6 is 0 Å². The number of benzene rings is 2. The summed E-state index contributed by atoms with van der Waals surface area (Å²) in [6.07, 6.45) is 2.00. The van der Waals surface area contributed by atoms with Gasteiger partial charge in [-0.1, -0.05) is 13.8 Å². The summed E-state index contributed by atoms with van der Waals surface area (Å²) < 4.78 is 26.6. The first-order valence-corrected chi connectivity index (χ1v) is 10.3. The summed E-state index contributed by atoms with van der Waals surface area (Å²) >= 11 is 0. The lowest BCUT2D eigenvalue weighted by atomic mass is 10.2. The van der Waals surface area contributed by atoms with Crippen LogP contribution in [-0.2, 0) is 6.54 Å². The molecule has 166 valence electrons. The van der Waals surface area contributed by atoms with Gasteiger partial charge < -0.3 is 19.7 Å². The van der Waals surface area contributed by atoms with Crippen LogP contribution in [0.3, 0.4) is 0 Å². The summed E-state index contributed by atoms with van der Waals surface area (Å²) in [6, 6.07) is 9.19. The van der Waals surface area contributed by atoms with E-state index in [-0.39, 0.29) is 11.6 Å². The molecule has 1 amide bonds. The molecule has 3 rings (SSSR count). The van der Waals surface area contributed by atoms with Crippen LogP contribution in [0.25, 0.3) is 10.9 Å². The number of hydrogen-bond donors (Lipinski definition) is 1. The first-order valence-electron chi connectivity index (χ1n) is 10.3. The highest BCUT2D eigenvalue weighted by Gasteiger charge is 2.16. The Hall–Kier alpha value is -3.13. The van der Waals surface area contributed by atoms with Gasteiger partial charge in [0, 0.05) is 24.5 Å². The average Bonchev–Trinajstić information content (AvgIpc) is 3.08. The zero-order valence-corrected chi connectivity index (χ0v) is 18.4. The van der Waals surface area contributed by atoms with Crippen LogP contribution in [0.4, 0.5) is 9.18 Å². The Balaban J connectivity index is 1.85. The Morgan fingerprint density at radius 3 is 2.61 bits per heavy atom. The molecule has 31 heavy (non-hydrogen) atoms. The number of aromatic nitrogens is 2. The fourth-order valence-electron chi connectivity index (χ4n) is 3.09. The molecule has 3 aromatic rings. The molecule has 1 N–H and O–H groups in total. The van der Waals surface area contributed by atoms with Gasteiger partial charge in [0.1, 0.15) is 11.6 Å². The minimum Gasteiger partial charge on any atom is -0.453 e. The van der Waals surface area contributed by atoms with Crippen molar-refractivity contribution in [2.45, 2.75) is 26.8 Å². The number of carbonyl (C=O) groups excluding carboxylic acids is 1. The van der Waals surface area contributed by atoms with Crippen molar-refractivity contribution in [1.82, 2.24) is 20.0 Å². The first kappa shape index (κ1) is 22.6. The third-order valence-electron chi connectivity index (χ3n) is 4.54. The van der Waals surface area contributed by atoms with E-state index < -0.39 is 6.09 Å². The van der Waals surface area contributed by atoms with Crippen molar-refractivity contribution < 1.29 is 18.7 Å². The Kier molecular flexibility index (Phi) is 7.46. The molecular formula is C23H29FN4O3. The lowest BCUT2D eigenvalue weighted by Gasteiger charge is -2.14. The molecule has 7 nitrogen and oxygen atoms in total. The molecule has 0 aliphatic heterocycles. The molecule has 0 unspecified atom stereocenters. The second-order valence-electron chi connectivity index (χ2n) is 8.11. The number of halogens is 1. The van der Waals surface area contributed by atoms with Crippen molar-refractivity contribution in [3.8, 4) is 17.2 Å². The van der Waals surface area contributed by atoms with E-state index in [0.717, 1.165) is 30.4 Å². The van der Waals surface area contributed by atoms with Gasteiger partial charge in [-0.05, 0) is 63.3 Å². The fourth-order valence-corrected chi connectivity index (χ4v) is 3.09. The lowest BCUT2D eigenvalue weighted by molar-refractivity contribution is 0.198. The summed E-state index contributed by atoms with van der Waals surface area (Å²) in [7, 11) is 3.96. The van der Waals surface area contributed by atoms with Gasteiger partial charge in [-0.15, -0.1) is 0 Å². The first-order chi connectivity index (χ1) is 14.8. The molecule has 0 radical (unpaired) electrons. The predicted octanol–water partition coefficient (Wildman–Crippen LogP) is 4.66. The summed E-state index contributed by atoms with van der Waals surface area (Å²) in [5.41, 5.74) is 0.843. The highest BCUT2D eigenvalue weighted by Crippen LogP contribution is 2.36. The van der Waals surface area contributed by atoms with Crippen LogP contribution < -0.4 is 14.8 Å². The van der Waals surface area contributed by atoms with Gasteiger partial charge in [0.2, 0.25) is 0 Å². The average molecular weight is 429 g/mol. The van der Waals surface area contributed by atoms with Gasteiger partial charge in [0.25, 0.3) is 0 Å². The van der Waals surface area contributed by atoms with E-state index in [1.54, 1.807) is 18.3 Å². The summed E-state index contributed by atoms with van der Waals surface area (Å²) in [5, 5.41) is 8.06. The molecule has 0 saturated heterocycles. The minimum absolute atomic E-state index is 0.271. The maximum Gasteiger partial charge on any atom is 0.412 e. The molecule has 0 bridgehead atoms. The van der Waals surface area contributed by atoms with Crippen LogP contribution in [0.1, 0.15) is 20.3 Å². The van der Waals surface area contributed by atoms with Crippen LogP contribution in [0.15, 0.2) is 42.6 Å². The Labute approximate surface area is 181 Å². The van der Waals surface area contributed by atoms with Gasteiger partial charge in [0.05, 0.1) is 11.7 Å². The minimum atomic E-state index is -0.558. The van der Waals surface area contributed by atoms with E-state index in [0.29, 0.717) is 24.0 Å². The summed E-state index contributed by atoms with van der Waals surface area (Å²) in [5.74, 6) is 1.11. The topological polar surface area (TPSA) is 68.6 Å². The molecule has 2 aromatic carbocycles. The highest BCUT2D eigenvalue weighted by molar-refractivity contribution is 5.84. The zero-order valence-electron chi connectivity index (χ0n) is 18.4. The van der Waals surface area contributed by atoms with Gasteiger partial charge in [-0.25, -0.2) is 9.18 Å². The number of hydrogen-bond acceptors (Lipinski definition) is 5. The fraction of sp³-hybridized carbons (Fsp3) is 0.391. The van der Waals surface area contributed by atoms with E-state index in [2.05, 4.69) is 24.3 Å². The quantitative estimate of drug-likeness (QED) is 0.502. The number of rotatable bonds is 9. The van der Waals surface area contributed by atoms with E-state index in [9.17, 15) is 9.18 Å². The summed E-state index contributed by atoms with van der Waals surface area (Å²) in [4.78, 5) is 14.4. The van der Waals surface area contributed by atoms with E-state index >= 15 is 0 Å². The number of nitrogens with one attached hydrogen (secondary N) is 1. The molecular weight excluding hydrogens is 399 g/mol. The number of fused-ring (bicyclic) bond motifs is 1. The van der Waals surface area contributed by atoms with Crippen molar-refractivity contribution in [2.75, 3.05) is 27.2 Å². The molecule has 0 saturated carbocycles. The van der Waals surface area contributed by atoms with Gasteiger partial charge >= 0.3 is 6.09 Å². The maximum absolute atomic E-state index is 13.2. The van der Waals surface area contributed by atoms with E-state index in [4.69, 9.17) is 9.47 Å². The van der Waals surface area contributed by atoms with Crippen molar-refractivity contribution in [3.05, 3.63) is 48.4 Å². The molecule has 1 aromatic heterocycles. The third kappa shape index (κ3) is 6.42.